The molecule has 7 heteroatoms. The van der Waals surface area contributed by atoms with Crippen molar-refractivity contribution in [1.82, 2.24) is 14.8 Å². The second-order valence-corrected chi connectivity index (χ2v) is 15.1. The van der Waals surface area contributed by atoms with E-state index in [9.17, 15) is 0 Å². The molecule has 0 bridgehead atoms. The highest BCUT2D eigenvalue weighted by Crippen LogP contribution is 2.41. The van der Waals surface area contributed by atoms with Crippen molar-refractivity contribution in [2.45, 2.75) is 70.9 Å². The minimum atomic E-state index is -1.10. The Bertz CT molecular complexity index is 812. The molecule has 0 saturated carbocycles. The van der Waals surface area contributed by atoms with E-state index in [1.807, 2.05) is 0 Å². The summed E-state index contributed by atoms with van der Waals surface area (Å²) in [4.78, 5) is 4.46. The Hall–Kier alpha value is -1.18. The summed E-state index contributed by atoms with van der Waals surface area (Å²) in [5, 5.41) is 4.41. The minimum Gasteiger partial charge on any atom is -0.424 e. The van der Waals surface area contributed by atoms with Crippen molar-refractivity contribution >= 4 is 24.0 Å². The molecule has 4 rings (SSSR count). The zero-order chi connectivity index (χ0) is 19.0. The lowest BCUT2D eigenvalue weighted by atomic mass is 10.0. The first-order valence-electron chi connectivity index (χ1n) is 9.93. The lowest BCUT2D eigenvalue weighted by Gasteiger charge is -2.17. The van der Waals surface area contributed by atoms with Gasteiger partial charge in [0, 0.05) is 14.7 Å². The molecular formula is C20H28BrN3O2Si. The number of halogens is 1. The molecule has 0 spiro atoms. The van der Waals surface area contributed by atoms with Crippen molar-refractivity contribution in [2.24, 2.45) is 0 Å². The zero-order valence-electron chi connectivity index (χ0n) is 16.5. The molecule has 0 saturated heterocycles. The Labute approximate surface area is 170 Å². The number of ether oxygens (including phenoxy) is 2. The lowest BCUT2D eigenvalue weighted by molar-refractivity contribution is 0.0727. The van der Waals surface area contributed by atoms with E-state index >= 15 is 0 Å². The molecule has 1 heterocycles. The van der Waals surface area contributed by atoms with Crippen molar-refractivity contribution < 1.29 is 9.47 Å². The van der Waals surface area contributed by atoms with Crippen molar-refractivity contribution in [1.29, 1.82) is 0 Å². The molecule has 0 fully saturated rings. The van der Waals surface area contributed by atoms with Crippen molar-refractivity contribution in [3.05, 3.63) is 33.1 Å². The van der Waals surface area contributed by atoms with Crippen molar-refractivity contribution in [2.75, 3.05) is 6.61 Å². The van der Waals surface area contributed by atoms with Gasteiger partial charge in [0.1, 0.15) is 12.5 Å². The van der Waals surface area contributed by atoms with Gasteiger partial charge in [0.25, 0.3) is 0 Å². The number of hydrogen-bond acceptors (Lipinski definition) is 4. The third-order valence-corrected chi connectivity index (χ3v) is 7.47. The average molecular weight is 450 g/mol. The van der Waals surface area contributed by atoms with Crippen LogP contribution >= 0.6 is 15.9 Å². The fourth-order valence-corrected chi connectivity index (χ4v) is 5.07. The summed E-state index contributed by atoms with van der Waals surface area (Å²) in [6.45, 7) is 8.19. The highest BCUT2D eigenvalue weighted by Gasteiger charge is 2.26. The fraction of sp³-hybridized carbons (Fsp3) is 0.600. The van der Waals surface area contributed by atoms with E-state index in [-0.39, 0.29) is 0 Å². The topological polar surface area (TPSA) is 49.2 Å². The minimum absolute atomic E-state index is 0.371. The smallest absolute Gasteiger partial charge is 0.323 e. The molecule has 0 aliphatic heterocycles. The predicted molar refractivity (Wildman–Crippen MR) is 112 cm³/mol. The van der Waals surface area contributed by atoms with Gasteiger partial charge in [0.05, 0.1) is 0 Å². The Morgan fingerprint density at radius 2 is 1.74 bits per heavy atom. The first-order valence-corrected chi connectivity index (χ1v) is 14.4. The maximum atomic E-state index is 6.40. The molecule has 0 unspecified atom stereocenters. The van der Waals surface area contributed by atoms with Gasteiger partial charge >= 0.3 is 6.01 Å². The fourth-order valence-electron chi connectivity index (χ4n) is 3.97. The summed E-state index contributed by atoms with van der Waals surface area (Å²) in [7, 11) is -1.10. The SMILES string of the molecule is C[Si](C)(C)CCOCn1nc(Br)nc1Oc1c2c(cc3c1CCC3)CCC2. The van der Waals surface area contributed by atoms with E-state index in [1.54, 1.807) is 4.68 Å². The Morgan fingerprint density at radius 3 is 2.37 bits per heavy atom. The third-order valence-electron chi connectivity index (χ3n) is 5.43. The van der Waals surface area contributed by atoms with E-state index in [2.05, 4.69) is 51.7 Å². The second-order valence-electron chi connectivity index (χ2n) is 8.80. The summed E-state index contributed by atoms with van der Waals surface area (Å²) in [5.74, 6) is 1.04. The summed E-state index contributed by atoms with van der Waals surface area (Å²) >= 11 is 3.39. The molecule has 27 heavy (non-hydrogen) atoms. The van der Waals surface area contributed by atoms with Crippen LogP contribution in [0.1, 0.15) is 35.1 Å². The van der Waals surface area contributed by atoms with Crippen LogP contribution in [0.25, 0.3) is 0 Å². The molecule has 2 aliphatic rings. The van der Waals surface area contributed by atoms with Crippen LogP contribution in [0.4, 0.5) is 0 Å². The second kappa shape index (κ2) is 7.68. The van der Waals surface area contributed by atoms with Gasteiger partial charge in [-0.3, -0.25) is 0 Å². The Balaban J connectivity index is 1.54. The molecule has 0 atom stereocenters. The quantitative estimate of drug-likeness (QED) is 0.434. The normalized spacial score (nSPS) is 15.9. The highest BCUT2D eigenvalue weighted by molar-refractivity contribution is 9.10. The Kier molecular flexibility index (Phi) is 5.45. The van der Waals surface area contributed by atoms with E-state index < -0.39 is 8.07 Å². The van der Waals surface area contributed by atoms with Crippen molar-refractivity contribution in [3.8, 4) is 11.8 Å². The van der Waals surface area contributed by atoms with Gasteiger partial charge in [-0.1, -0.05) is 25.7 Å². The Morgan fingerprint density at radius 1 is 1.07 bits per heavy atom. The van der Waals surface area contributed by atoms with Crippen molar-refractivity contribution in [3.63, 3.8) is 0 Å². The number of rotatable bonds is 7. The standard InChI is InChI=1S/C20H28BrN3O2Si/c1-27(2,3)11-10-25-13-24-20(22-19(21)23-24)26-18-16-8-4-6-14(16)12-15-7-5-9-17(15)18/h12H,4-11,13H2,1-3H3. The summed E-state index contributed by atoms with van der Waals surface area (Å²) in [5.41, 5.74) is 5.67. The molecule has 5 nitrogen and oxygen atoms in total. The van der Waals surface area contributed by atoms with Gasteiger partial charge in [0.15, 0.2) is 0 Å². The zero-order valence-corrected chi connectivity index (χ0v) is 19.1. The number of aryl methyl sites for hydroxylation is 2. The van der Waals surface area contributed by atoms with Gasteiger partial charge < -0.3 is 9.47 Å². The number of benzene rings is 1. The highest BCUT2D eigenvalue weighted by atomic mass is 79.9. The summed E-state index contributed by atoms with van der Waals surface area (Å²) < 4.78 is 14.5. The number of aromatic nitrogens is 3. The van der Waals surface area contributed by atoms with Gasteiger partial charge in [-0.15, -0.1) is 5.10 Å². The molecule has 0 radical (unpaired) electrons. The van der Waals surface area contributed by atoms with E-state index in [0.29, 0.717) is 17.5 Å². The van der Waals surface area contributed by atoms with Gasteiger partial charge in [0.2, 0.25) is 4.73 Å². The third kappa shape index (κ3) is 4.30. The van der Waals surface area contributed by atoms with Crippen LogP contribution in [-0.4, -0.2) is 29.4 Å². The lowest BCUT2D eigenvalue weighted by Crippen LogP contribution is -2.22. The molecule has 0 amide bonds. The molecule has 146 valence electrons. The number of nitrogens with zero attached hydrogens (tertiary/aromatic N) is 3. The number of hydrogen-bond donors (Lipinski definition) is 0. The first-order chi connectivity index (χ1) is 12.9. The van der Waals surface area contributed by atoms with Crippen LogP contribution in [-0.2, 0) is 37.2 Å². The van der Waals surface area contributed by atoms with Crippen LogP contribution in [0, 0.1) is 0 Å². The summed E-state index contributed by atoms with van der Waals surface area (Å²) in [6, 6.07) is 4.07. The maximum absolute atomic E-state index is 6.40. The van der Waals surface area contributed by atoms with Crippen LogP contribution in [0.5, 0.6) is 11.8 Å². The van der Waals surface area contributed by atoms with Gasteiger partial charge in [-0.2, -0.15) is 9.67 Å². The van der Waals surface area contributed by atoms with E-state index in [0.717, 1.165) is 44.1 Å². The number of fused-ring (bicyclic) bond motifs is 2. The molecule has 2 aromatic rings. The average Bonchev–Trinajstić information content (AvgIpc) is 3.30. The molecule has 1 aromatic carbocycles. The van der Waals surface area contributed by atoms with Crippen LogP contribution in [0.3, 0.4) is 0 Å². The molecular weight excluding hydrogens is 422 g/mol. The molecule has 2 aliphatic carbocycles. The first kappa shape index (κ1) is 19.1. The largest absolute Gasteiger partial charge is 0.424 e. The van der Waals surface area contributed by atoms with Crippen LogP contribution < -0.4 is 4.74 Å². The predicted octanol–water partition coefficient (Wildman–Crippen LogP) is 5.12. The van der Waals surface area contributed by atoms with Crippen LogP contribution in [0.15, 0.2) is 10.8 Å². The van der Waals surface area contributed by atoms with E-state index in [1.165, 1.54) is 35.1 Å². The van der Waals surface area contributed by atoms with Gasteiger partial charge in [-0.05, 0) is 82.8 Å². The monoisotopic (exact) mass is 449 g/mol. The van der Waals surface area contributed by atoms with Gasteiger partial charge in [-0.25, -0.2) is 0 Å². The summed E-state index contributed by atoms with van der Waals surface area (Å²) in [6.07, 6.45) is 6.94. The van der Waals surface area contributed by atoms with Crippen LogP contribution in [0.2, 0.25) is 25.7 Å². The maximum Gasteiger partial charge on any atom is 0.323 e. The van der Waals surface area contributed by atoms with E-state index in [4.69, 9.17) is 9.47 Å². The molecule has 1 aromatic heterocycles. The molecule has 0 N–H and O–H groups in total.